The summed E-state index contributed by atoms with van der Waals surface area (Å²) in [6, 6.07) is 17.7. The molecule has 1 amide bonds. The van der Waals surface area contributed by atoms with Crippen molar-refractivity contribution in [1.82, 2.24) is 9.97 Å². The molecule has 8 nitrogen and oxygen atoms in total. The Balaban J connectivity index is 1.31. The molecule has 1 aromatic heterocycles. The number of nitrogens with one attached hydrogen (secondary N) is 1. The van der Waals surface area contributed by atoms with Gasteiger partial charge in [0.15, 0.2) is 0 Å². The van der Waals surface area contributed by atoms with E-state index in [4.69, 9.17) is 9.47 Å². The number of nitrogens with zero attached hydrogens (tertiary/aromatic N) is 4. The third-order valence-corrected chi connectivity index (χ3v) is 6.26. The number of hydrogen-bond donors (Lipinski definition) is 1. The molecule has 0 unspecified atom stereocenters. The number of anilines is 3. The number of piperazine rings is 1. The van der Waals surface area contributed by atoms with E-state index in [1.54, 1.807) is 38.7 Å². The Kier molecular flexibility index (Phi) is 7.51. The minimum absolute atomic E-state index is 0.132. The molecule has 0 saturated carbocycles. The first kappa shape index (κ1) is 22.7. The van der Waals surface area contributed by atoms with Gasteiger partial charge >= 0.3 is 0 Å². The molecule has 172 valence electrons. The Hall–Kier alpha value is -3.46. The number of carbonyl (C=O) groups is 1. The quantitative estimate of drug-likeness (QED) is 0.400. The molecule has 0 aliphatic carbocycles. The first-order valence-corrected chi connectivity index (χ1v) is 11.7. The van der Waals surface area contributed by atoms with E-state index in [1.165, 1.54) is 17.4 Å². The van der Waals surface area contributed by atoms with Crippen LogP contribution in [0.25, 0.3) is 0 Å². The van der Waals surface area contributed by atoms with Gasteiger partial charge in [0.1, 0.15) is 28.7 Å². The summed E-state index contributed by atoms with van der Waals surface area (Å²) in [4.78, 5) is 25.9. The van der Waals surface area contributed by atoms with Gasteiger partial charge in [-0.2, -0.15) is 0 Å². The topological polar surface area (TPSA) is 79.8 Å². The van der Waals surface area contributed by atoms with Crippen LogP contribution in [0.1, 0.15) is 0 Å². The van der Waals surface area contributed by atoms with Crippen LogP contribution in [0.3, 0.4) is 0 Å². The highest BCUT2D eigenvalue weighted by Crippen LogP contribution is 2.27. The summed E-state index contributed by atoms with van der Waals surface area (Å²) in [5.74, 6) is 2.22. The predicted molar refractivity (Wildman–Crippen MR) is 132 cm³/mol. The summed E-state index contributed by atoms with van der Waals surface area (Å²) in [6.45, 7) is 3.63. The van der Waals surface area contributed by atoms with Crippen molar-refractivity contribution < 1.29 is 14.3 Å². The Morgan fingerprint density at radius 3 is 2.27 bits per heavy atom. The molecule has 9 heteroatoms. The molecular formula is C24H27N5O3S. The fourth-order valence-electron chi connectivity index (χ4n) is 3.63. The van der Waals surface area contributed by atoms with E-state index < -0.39 is 0 Å². The second kappa shape index (κ2) is 10.9. The maximum absolute atomic E-state index is 12.5. The largest absolute Gasteiger partial charge is 0.497 e. The minimum Gasteiger partial charge on any atom is -0.497 e. The lowest BCUT2D eigenvalue weighted by atomic mass is 10.2. The number of rotatable bonds is 8. The van der Waals surface area contributed by atoms with Gasteiger partial charge in [0.25, 0.3) is 0 Å². The molecule has 1 N–H and O–H groups in total. The molecule has 1 aliphatic heterocycles. The molecule has 0 spiro atoms. The van der Waals surface area contributed by atoms with Crippen LogP contribution in [0.5, 0.6) is 11.5 Å². The van der Waals surface area contributed by atoms with Gasteiger partial charge in [0.05, 0.1) is 20.0 Å². The highest BCUT2D eigenvalue weighted by Gasteiger charge is 2.19. The van der Waals surface area contributed by atoms with Crippen LogP contribution in [0.4, 0.5) is 17.2 Å². The fraction of sp³-hybridized carbons (Fsp3) is 0.292. The van der Waals surface area contributed by atoms with Crippen LogP contribution in [0, 0.1) is 0 Å². The van der Waals surface area contributed by atoms with Gasteiger partial charge in [-0.05, 0) is 12.1 Å². The van der Waals surface area contributed by atoms with Gasteiger partial charge in [0.2, 0.25) is 5.91 Å². The van der Waals surface area contributed by atoms with Crippen molar-refractivity contribution in [2.45, 2.75) is 5.03 Å². The van der Waals surface area contributed by atoms with E-state index in [1.807, 2.05) is 12.1 Å². The lowest BCUT2D eigenvalue weighted by Gasteiger charge is -2.36. The zero-order valence-corrected chi connectivity index (χ0v) is 19.5. The van der Waals surface area contributed by atoms with E-state index in [9.17, 15) is 4.79 Å². The first-order valence-electron chi connectivity index (χ1n) is 10.7. The monoisotopic (exact) mass is 465 g/mol. The Bertz CT molecular complexity index is 1050. The zero-order valence-electron chi connectivity index (χ0n) is 18.7. The zero-order chi connectivity index (χ0) is 23.0. The lowest BCUT2D eigenvalue weighted by molar-refractivity contribution is -0.113. The molecule has 2 aromatic carbocycles. The average molecular weight is 466 g/mol. The Morgan fingerprint density at radius 1 is 0.939 bits per heavy atom. The summed E-state index contributed by atoms with van der Waals surface area (Å²) in [5.41, 5.74) is 1.87. The third-order valence-electron chi connectivity index (χ3n) is 5.34. The predicted octanol–water partition coefficient (Wildman–Crippen LogP) is 3.55. The number of methoxy groups -OCH3 is 2. The average Bonchev–Trinajstić information content (AvgIpc) is 2.88. The highest BCUT2D eigenvalue weighted by molar-refractivity contribution is 7.99. The first-order chi connectivity index (χ1) is 16.1. The number of hydrogen-bond acceptors (Lipinski definition) is 8. The van der Waals surface area contributed by atoms with Crippen LogP contribution in [0.15, 0.2) is 66.0 Å². The van der Waals surface area contributed by atoms with E-state index >= 15 is 0 Å². The van der Waals surface area contributed by atoms with Crippen molar-refractivity contribution in [2.24, 2.45) is 0 Å². The van der Waals surface area contributed by atoms with Crippen LogP contribution >= 0.6 is 11.8 Å². The number of benzene rings is 2. The van der Waals surface area contributed by atoms with E-state index in [2.05, 4.69) is 49.4 Å². The molecule has 4 rings (SSSR count). The van der Waals surface area contributed by atoms with Gasteiger partial charge in [-0.25, -0.2) is 9.97 Å². The van der Waals surface area contributed by atoms with Crippen LogP contribution < -0.4 is 24.6 Å². The number of amides is 1. The van der Waals surface area contributed by atoms with Gasteiger partial charge in [-0.3, -0.25) is 4.79 Å². The fourth-order valence-corrected chi connectivity index (χ4v) is 4.29. The standard InChI is InChI=1S/C24H27N5O3S/c1-31-20-12-18(13-21(14-20)32-2)27-23(30)16-33-24-15-22(25-17-26-24)29-10-8-28(9-11-29)19-6-4-3-5-7-19/h3-7,12-15,17H,8-11,16H2,1-2H3,(H,27,30). The minimum atomic E-state index is -0.132. The van der Waals surface area contributed by atoms with Gasteiger partial charge in [-0.15, -0.1) is 0 Å². The number of para-hydroxylation sites is 1. The Morgan fingerprint density at radius 2 is 1.61 bits per heavy atom. The number of aromatic nitrogens is 2. The molecule has 0 atom stereocenters. The Labute approximate surface area is 197 Å². The molecular weight excluding hydrogens is 438 g/mol. The van der Waals surface area contributed by atoms with E-state index in [0.29, 0.717) is 17.2 Å². The van der Waals surface area contributed by atoms with Crippen LogP contribution in [-0.4, -0.2) is 62.0 Å². The normalized spacial score (nSPS) is 13.5. The van der Waals surface area contributed by atoms with Crippen molar-refractivity contribution in [3.05, 3.63) is 60.9 Å². The third kappa shape index (κ3) is 6.07. The summed E-state index contributed by atoms with van der Waals surface area (Å²) in [7, 11) is 3.15. The molecule has 3 aromatic rings. The molecule has 2 heterocycles. The highest BCUT2D eigenvalue weighted by atomic mass is 32.2. The summed E-state index contributed by atoms with van der Waals surface area (Å²) in [5, 5.41) is 3.65. The van der Waals surface area contributed by atoms with Gasteiger partial charge < -0.3 is 24.6 Å². The lowest BCUT2D eigenvalue weighted by Crippen LogP contribution is -2.46. The van der Waals surface area contributed by atoms with Gasteiger partial charge in [0, 0.05) is 61.8 Å². The molecule has 0 radical (unpaired) electrons. The number of ether oxygens (including phenoxy) is 2. The maximum atomic E-state index is 12.5. The van der Waals surface area contributed by atoms with E-state index in [0.717, 1.165) is 37.0 Å². The van der Waals surface area contributed by atoms with Crippen molar-refractivity contribution in [2.75, 3.05) is 61.3 Å². The maximum Gasteiger partial charge on any atom is 0.234 e. The number of thioether (sulfide) groups is 1. The van der Waals surface area contributed by atoms with Crippen molar-refractivity contribution in [3.8, 4) is 11.5 Å². The van der Waals surface area contributed by atoms with Gasteiger partial charge in [-0.1, -0.05) is 30.0 Å². The van der Waals surface area contributed by atoms with Crippen molar-refractivity contribution >= 4 is 34.9 Å². The summed E-state index contributed by atoms with van der Waals surface area (Å²) >= 11 is 1.38. The SMILES string of the molecule is COc1cc(NC(=O)CSc2cc(N3CCN(c4ccccc4)CC3)ncn2)cc(OC)c1. The molecule has 0 bridgehead atoms. The molecule has 1 fully saturated rings. The molecule has 1 saturated heterocycles. The molecule has 1 aliphatic rings. The second-order valence-electron chi connectivity index (χ2n) is 7.46. The van der Waals surface area contributed by atoms with Crippen molar-refractivity contribution in [1.29, 1.82) is 0 Å². The molecule has 33 heavy (non-hydrogen) atoms. The van der Waals surface area contributed by atoms with Crippen LogP contribution in [0.2, 0.25) is 0 Å². The van der Waals surface area contributed by atoms with E-state index in [-0.39, 0.29) is 11.7 Å². The van der Waals surface area contributed by atoms with Crippen molar-refractivity contribution in [3.63, 3.8) is 0 Å². The summed E-state index contributed by atoms with van der Waals surface area (Å²) in [6.07, 6.45) is 1.56. The summed E-state index contributed by atoms with van der Waals surface area (Å²) < 4.78 is 10.5. The second-order valence-corrected chi connectivity index (χ2v) is 8.46. The van der Waals surface area contributed by atoms with Crippen LogP contribution in [-0.2, 0) is 4.79 Å². The smallest absolute Gasteiger partial charge is 0.234 e. The number of carbonyl (C=O) groups excluding carboxylic acids is 1.